The molecule has 2 saturated heterocycles. The third-order valence-corrected chi connectivity index (χ3v) is 4.68. The molecular formula is C18H27N3O2. The fourth-order valence-corrected chi connectivity index (χ4v) is 3.28. The van der Waals surface area contributed by atoms with Crippen LogP contribution in [-0.4, -0.2) is 49.7 Å². The Bertz CT molecular complexity index is 535. The molecule has 2 N–H and O–H groups in total. The first-order valence-electron chi connectivity index (χ1n) is 8.63. The Balaban J connectivity index is 1.59. The largest absolute Gasteiger partial charge is 0.379 e. The van der Waals surface area contributed by atoms with E-state index in [0.717, 1.165) is 57.1 Å². The molecule has 0 radical (unpaired) electrons. The van der Waals surface area contributed by atoms with Gasteiger partial charge in [0, 0.05) is 37.8 Å². The Labute approximate surface area is 138 Å². The van der Waals surface area contributed by atoms with Crippen molar-refractivity contribution < 1.29 is 9.53 Å². The Hall–Kier alpha value is -1.43. The molecule has 0 saturated carbocycles. The van der Waals surface area contributed by atoms with Gasteiger partial charge >= 0.3 is 0 Å². The summed E-state index contributed by atoms with van der Waals surface area (Å²) in [7, 11) is 0. The maximum Gasteiger partial charge on any atom is 0.225 e. The number of ether oxygens (including phenoxy) is 1. The molecule has 2 fully saturated rings. The number of aryl methyl sites for hydroxylation is 1. The lowest BCUT2D eigenvalue weighted by molar-refractivity contribution is -0.116. The first kappa shape index (κ1) is 16.4. The summed E-state index contributed by atoms with van der Waals surface area (Å²) in [5.41, 5.74) is 3.30. The number of morpholine rings is 1. The van der Waals surface area contributed by atoms with E-state index in [9.17, 15) is 4.79 Å². The fraction of sp³-hybridized carbons (Fsp3) is 0.611. The van der Waals surface area contributed by atoms with Gasteiger partial charge in [0.05, 0.1) is 13.2 Å². The topological polar surface area (TPSA) is 53.6 Å². The average molecular weight is 317 g/mol. The molecule has 23 heavy (non-hydrogen) atoms. The van der Waals surface area contributed by atoms with Crippen molar-refractivity contribution >= 4 is 11.6 Å². The second-order valence-corrected chi connectivity index (χ2v) is 6.58. The number of rotatable bonds is 5. The van der Waals surface area contributed by atoms with Gasteiger partial charge in [-0.1, -0.05) is 12.1 Å². The van der Waals surface area contributed by atoms with E-state index in [1.54, 1.807) is 0 Å². The zero-order valence-electron chi connectivity index (χ0n) is 13.9. The molecule has 0 aromatic heterocycles. The van der Waals surface area contributed by atoms with Crippen LogP contribution < -0.4 is 10.6 Å². The van der Waals surface area contributed by atoms with Gasteiger partial charge in [0.2, 0.25) is 5.91 Å². The van der Waals surface area contributed by atoms with Crippen LogP contribution >= 0.6 is 0 Å². The van der Waals surface area contributed by atoms with E-state index in [2.05, 4.69) is 33.7 Å². The number of hydrogen-bond donors (Lipinski definition) is 2. The summed E-state index contributed by atoms with van der Waals surface area (Å²) in [5.74, 6) is 0.107. The molecule has 1 atom stereocenters. The Morgan fingerprint density at radius 1 is 1.39 bits per heavy atom. The van der Waals surface area contributed by atoms with Crippen molar-refractivity contribution in [2.75, 3.05) is 38.2 Å². The Morgan fingerprint density at radius 3 is 2.96 bits per heavy atom. The van der Waals surface area contributed by atoms with Crippen LogP contribution in [0.25, 0.3) is 0 Å². The maximum absolute atomic E-state index is 12.2. The summed E-state index contributed by atoms with van der Waals surface area (Å²) in [6, 6.07) is 6.70. The van der Waals surface area contributed by atoms with Crippen molar-refractivity contribution in [3.8, 4) is 0 Å². The van der Waals surface area contributed by atoms with Crippen molar-refractivity contribution in [3.63, 3.8) is 0 Å². The zero-order chi connectivity index (χ0) is 16.1. The minimum atomic E-state index is 0.107. The third-order valence-electron chi connectivity index (χ3n) is 4.68. The van der Waals surface area contributed by atoms with Crippen LogP contribution in [0.3, 0.4) is 0 Å². The number of benzene rings is 1. The summed E-state index contributed by atoms with van der Waals surface area (Å²) in [4.78, 5) is 14.6. The minimum Gasteiger partial charge on any atom is -0.379 e. The molecule has 1 unspecified atom stereocenters. The lowest BCUT2D eigenvalue weighted by Crippen LogP contribution is -2.35. The van der Waals surface area contributed by atoms with E-state index in [1.807, 2.05) is 6.92 Å². The van der Waals surface area contributed by atoms with Gasteiger partial charge in [0.1, 0.15) is 0 Å². The number of nitrogens with one attached hydrogen (secondary N) is 2. The molecule has 1 aromatic carbocycles. The lowest BCUT2D eigenvalue weighted by atomic mass is 10.1. The van der Waals surface area contributed by atoms with E-state index in [-0.39, 0.29) is 5.91 Å². The highest BCUT2D eigenvalue weighted by Gasteiger charge is 2.18. The van der Waals surface area contributed by atoms with E-state index >= 15 is 0 Å². The summed E-state index contributed by atoms with van der Waals surface area (Å²) < 4.78 is 5.39. The molecule has 0 spiro atoms. The fourth-order valence-electron chi connectivity index (χ4n) is 3.28. The standard InChI is InChI=1S/C18H27N3O2/c1-14-4-5-15(13-21-7-9-23-10-8-21)11-17(14)20-18(22)12-16-3-2-6-19-16/h4-5,11,16,19H,2-3,6-10,12-13H2,1H3,(H,20,22). The average Bonchev–Trinajstić information content (AvgIpc) is 3.04. The minimum absolute atomic E-state index is 0.107. The van der Waals surface area contributed by atoms with Crippen LogP contribution in [-0.2, 0) is 16.1 Å². The molecule has 3 rings (SSSR count). The maximum atomic E-state index is 12.2. The Kier molecular flexibility index (Phi) is 5.65. The molecule has 2 aliphatic heterocycles. The van der Waals surface area contributed by atoms with E-state index in [0.29, 0.717) is 12.5 Å². The SMILES string of the molecule is Cc1ccc(CN2CCOCC2)cc1NC(=O)CC1CCCN1. The molecular weight excluding hydrogens is 290 g/mol. The summed E-state index contributed by atoms with van der Waals surface area (Å²) in [5, 5.41) is 6.47. The lowest BCUT2D eigenvalue weighted by Gasteiger charge is -2.26. The molecule has 1 amide bonds. The van der Waals surface area contributed by atoms with Gasteiger partial charge in [0.15, 0.2) is 0 Å². The van der Waals surface area contributed by atoms with Gasteiger partial charge in [0.25, 0.3) is 0 Å². The smallest absolute Gasteiger partial charge is 0.225 e. The highest BCUT2D eigenvalue weighted by molar-refractivity contribution is 5.92. The van der Waals surface area contributed by atoms with Crippen LogP contribution in [0.1, 0.15) is 30.4 Å². The van der Waals surface area contributed by atoms with Crippen LogP contribution in [0.2, 0.25) is 0 Å². The summed E-state index contributed by atoms with van der Waals surface area (Å²) in [6.45, 7) is 7.56. The number of hydrogen-bond acceptors (Lipinski definition) is 4. The van der Waals surface area contributed by atoms with Crippen molar-refractivity contribution in [2.24, 2.45) is 0 Å². The third kappa shape index (κ3) is 4.77. The van der Waals surface area contributed by atoms with Crippen molar-refractivity contribution in [3.05, 3.63) is 29.3 Å². The zero-order valence-corrected chi connectivity index (χ0v) is 13.9. The molecule has 0 aliphatic carbocycles. The van der Waals surface area contributed by atoms with Crippen LogP contribution in [0.4, 0.5) is 5.69 Å². The van der Waals surface area contributed by atoms with E-state index in [1.165, 1.54) is 12.0 Å². The van der Waals surface area contributed by atoms with Gasteiger partial charge in [-0.3, -0.25) is 9.69 Å². The van der Waals surface area contributed by atoms with Gasteiger partial charge in [-0.25, -0.2) is 0 Å². The highest BCUT2D eigenvalue weighted by Crippen LogP contribution is 2.19. The van der Waals surface area contributed by atoms with E-state index in [4.69, 9.17) is 4.74 Å². The summed E-state index contributed by atoms with van der Waals surface area (Å²) in [6.07, 6.45) is 2.84. The van der Waals surface area contributed by atoms with Crippen molar-refractivity contribution in [1.82, 2.24) is 10.2 Å². The van der Waals surface area contributed by atoms with Crippen LogP contribution in [0.15, 0.2) is 18.2 Å². The number of anilines is 1. The Morgan fingerprint density at radius 2 is 2.22 bits per heavy atom. The van der Waals surface area contributed by atoms with Crippen LogP contribution in [0, 0.1) is 6.92 Å². The number of nitrogens with zero attached hydrogens (tertiary/aromatic N) is 1. The molecule has 2 heterocycles. The highest BCUT2D eigenvalue weighted by atomic mass is 16.5. The number of carbonyl (C=O) groups is 1. The number of amides is 1. The van der Waals surface area contributed by atoms with E-state index < -0.39 is 0 Å². The van der Waals surface area contributed by atoms with Gasteiger partial charge in [-0.05, 0) is 43.5 Å². The molecule has 5 nitrogen and oxygen atoms in total. The number of carbonyl (C=O) groups excluding carboxylic acids is 1. The second-order valence-electron chi connectivity index (χ2n) is 6.58. The molecule has 2 aliphatic rings. The van der Waals surface area contributed by atoms with Gasteiger partial charge in [-0.15, -0.1) is 0 Å². The molecule has 1 aromatic rings. The molecule has 126 valence electrons. The molecule has 5 heteroatoms. The van der Waals surface area contributed by atoms with Crippen LogP contribution in [0.5, 0.6) is 0 Å². The van der Waals surface area contributed by atoms with Crippen molar-refractivity contribution in [1.29, 1.82) is 0 Å². The first-order valence-corrected chi connectivity index (χ1v) is 8.63. The molecule has 0 bridgehead atoms. The first-order chi connectivity index (χ1) is 11.2. The summed E-state index contributed by atoms with van der Waals surface area (Å²) >= 11 is 0. The second kappa shape index (κ2) is 7.90. The van der Waals surface area contributed by atoms with Gasteiger partial charge in [-0.2, -0.15) is 0 Å². The quantitative estimate of drug-likeness (QED) is 0.871. The predicted molar refractivity (Wildman–Crippen MR) is 91.5 cm³/mol. The van der Waals surface area contributed by atoms with Crippen molar-refractivity contribution in [2.45, 2.75) is 38.8 Å². The normalized spacial score (nSPS) is 22.2. The monoisotopic (exact) mass is 317 g/mol. The van der Waals surface area contributed by atoms with Gasteiger partial charge < -0.3 is 15.4 Å². The predicted octanol–water partition coefficient (Wildman–Crippen LogP) is 1.91.